The molecule has 5 rings (SSSR count). The van der Waals surface area contributed by atoms with Crippen LogP contribution in [0.15, 0.2) is 60.8 Å². The average Bonchev–Trinajstić information content (AvgIpc) is 3.24. The molecule has 3 heterocycles. The Morgan fingerprint density at radius 2 is 1.58 bits per heavy atom. The van der Waals surface area contributed by atoms with E-state index in [1.165, 1.54) is 16.8 Å². The lowest BCUT2D eigenvalue weighted by atomic mass is 10.0. The highest BCUT2D eigenvalue weighted by molar-refractivity contribution is 5.93. The van der Waals surface area contributed by atoms with Gasteiger partial charge in [-0.1, -0.05) is 49.7 Å². The molecule has 1 aliphatic heterocycles. The van der Waals surface area contributed by atoms with Crippen molar-refractivity contribution in [2.45, 2.75) is 19.8 Å². The molecule has 158 valence electrons. The van der Waals surface area contributed by atoms with Crippen molar-refractivity contribution < 1.29 is 0 Å². The zero-order valence-corrected chi connectivity index (χ0v) is 18.3. The molecule has 0 amide bonds. The Kier molecular flexibility index (Phi) is 5.43. The number of aromatic nitrogens is 3. The first-order chi connectivity index (χ1) is 15.2. The number of benzene rings is 2. The van der Waals surface area contributed by atoms with E-state index < -0.39 is 0 Å². The molecule has 0 unspecified atom stereocenters. The van der Waals surface area contributed by atoms with Crippen LogP contribution < -0.4 is 4.90 Å². The molecule has 0 radical (unpaired) electrons. The Morgan fingerprint density at radius 3 is 2.29 bits per heavy atom. The molecule has 2 aromatic carbocycles. The maximum Gasteiger partial charge on any atom is 0.155 e. The summed E-state index contributed by atoms with van der Waals surface area (Å²) in [5, 5.41) is 8.71. The third-order valence-electron chi connectivity index (χ3n) is 6.25. The molecule has 1 aliphatic rings. The fraction of sp³-hybridized carbons (Fsp3) is 0.308. The number of rotatable bonds is 5. The van der Waals surface area contributed by atoms with Gasteiger partial charge in [-0.15, -0.1) is 0 Å². The Bertz CT molecular complexity index is 1150. The Morgan fingerprint density at radius 1 is 0.871 bits per heavy atom. The summed E-state index contributed by atoms with van der Waals surface area (Å²) >= 11 is 0. The van der Waals surface area contributed by atoms with Gasteiger partial charge in [-0.2, -0.15) is 5.10 Å². The van der Waals surface area contributed by atoms with Gasteiger partial charge in [0.15, 0.2) is 5.65 Å². The van der Waals surface area contributed by atoms with Crippen molar-refractivity contribution in [1.29, 1.82) is 0 Å². The fourth-order valence-electron chi connectivity index (χ4n) is 4.33. The van der Waals surface area contributed by atoms with Crippen molar-refractivity contribution in [3.05, 3.63) is 66.4 Å². The van der Waals surface area contributed by atoms with Crippen molar-refractivity contribution in [2.24, 2.45) is 0 Å². The van der Waals surface area contributed by atoms with Crippen LogP contribution in [0.3, 0.4) is 0 Å². The van der Waals surface area contributed by atoms with E-state index in [1.54, 1.807) is 0 Å². The molecular formula is C26H29N5. The minimum Gasteiger partial charge on any atom is -0.369 e. The van der Waals surface area contributed by atoms with Crippen molar-refractivity contribution in [3.8, 4) is 22.4 Å². The highest BCUT2D eigenvalue weighted by Gasteiger charge is 2.15. The smallest absolute Gasteiger partial charge is 0.155 e. The fourth-order valence-corrected chi connectivity index (χ4v) is 4.33. The van der Waals surface area contributed by atoms with Crippen LogP contribution in [0, 0.1) is 0 Å². The molecule has 1 saturated heterocycles. The molecule has 0 spiro atoms. The summed E-state index contributed by atoms with van der Waals surface area (Å²) in [7, 11) is 2.19. The summed E-state index contributed by atoms with van der Waals surface area (Å²) < 4.78 is 0. The van der Waals surface area contributed by atoms with Gasteiger partial charge in [-0.05, 0) is 42.8 Å². The van der Waals surface area contributed by atoms with Crippen LogP contribution in [0.25, 0.3) is 33.4 Å². The number of H-pyrrole nitrogens is 1. The number of anilines is 1. The van der Waals surface area contributed by atoms with Crippen LogP contribution in [0.5, 0.6) is 0 Å². The molecular weight excluding hydrogens is 382 g/mol. The van der Waals surface area contributed by atoms with Crippen molar-refractivity contribution in [3.63, 3.8) is 0 Å². The largest absolute Gasteiger partial charge is 0.369 e. The van der Waals surface area contributed by atoms with Crippen LogP contribution >= 0.6 is 0 Å². The van der Waals surface area contributed by atoms with Gasteiger partial charge in [0, 0.05) is 54.6 Å². The normalized spacial score (nSPS) is 15.0. The molecule has 1 N–H and O–H groups in total. The number of fused-ring (bicyclic) bond motifs is 1. The van der Waals surface area contributed by atoms with Crippen LogP contribution in [-0.2, 0) is 6.42 Å². The first-order valence-electron chi connectivity index (χ1n) is 11.2. The Labute approximate surface area is 183 Å². The van der Waals surface area contributed by atoms with Gasteiger partial charge in [0.1, 0.15) is 5.69 Å². The van der Waals surface area contributed by atoms with Gasteiger partial charge < -0.3 is 9.80 Å². The minimum absolute atomic E-state index is 0.824. The van der Waals surface area contributed by atoms with E-state index >= 15 is 0 Å². The standard InChI is InChI=1S/C26H29N5/c1-3-4-19-5-7-21(8-6-19)25-24-17-22(18-27-26(24)29-28-25)20-9-11-23(12-10-20)31-15-13-30(2)14-16-31/h5-12,17-18H,3-4,13-16H2,1-2H3,(H,27,28,29). The highest BCUT2D eigenvalue weighted by atomic mass is 15.2. The first-order valence-corrected chi connectivity index (χ1v) is 11.2. The predicted octanol–water partition coefficient (Wildman–Crippen LogP) is 5.00. The van der Waals surface area contributed by atoms with Crippen LogP contribution in [0.2, 0.25) is 0 Å². The lowest BCUT2D eigenvalue weighted by Gasteiger charge is -2.34. The van der Waals surface area contributed by atoms with E-state index in [4.69, 9.17) is 0 Å². The number of nitrogens with zero attached hydrogens (tertiary/aromatic N) is 4. The number of likely N-dealkylation sites (N-methyl/N-ethyl adjacent to an activating group) is 1. The summed E-state index contributed by atoms with van der Waals surface area (Å²) in [6.45, 7) is 6.60. The van der Waals surface area contributed by atoms with Gasteiger partial charge in [0.05, 0.1) is 0 Å². The van der Waals surface area contributed by atoms with Gasteiger partial charge in [0.25, 0.3) is 0 Å². The third kappa shape index (κ3) is 4.06. The molecule has 1 fully saturated rings. The molecule has 0 bridgehead atoms. The monoisotopic (exact) mass is 411 g/mol. The van der Waals surface area contributed by atoms with Gasteiger partial charge in [0.2, 0.25) is 0 Å². The van der Waals surface area contributed by atoms with Crippen molar-refractivity contribution >= 4 is 16.7 Å². The van der Waals surface area contributed by atoms with Gasteiger partial charge in [-0.25, -0.2) is 4.98 Å². The molecule has 2 aromatic heterocycles. The SMILES string of the molecule is CCCc1ccc(-c2n[nH]c3ncc(-c4ccc(N5CCN(C)CC5)cc4)cc23)cc1. The average molecular weight is 412 g/mol. The number of piperazine rings is 1. The van der Waals surface area contributed by atoms with E-state index in [2.05, 4.69) is 93.5 Å². The Balaban J connectivity index is 1.42. The second kappa shape index (κ2) is 8.52. The number of nitrogens with one attached hydrogen (secondary N) is 1. The van der Waals surface area contributed by atoms with E-state index in [0.717, 1.165) is 66.9 Å². The van der Waals surface area contributed by atoms with Crippen molar-refractivity contribution in [1.82, 2.24) is 20.1 Å². The molecule has 5 nitrogen and oxygen atoms in total. The van der Waals surface area contributed by atoms with Gasteiger partial charge >= 0.3 is 0 Å². The molecule has 5 heteroatoms. The summed E-state index contributed by atoms with van der Waals surface area (Å²) in [4.78, 5) is 9.48. The van der Waals surface area contributed by atoms with E-state index in [1.807, 2.05) is 6.20 Å². The number of aryl methyl sites for hydroxylation is 1. The highest BCUT2D eigenvalue weighted by Crippen LogP contribution is 2.30. The first kappa shape index (κ1) is 19.8. The second-order valence-corrected chi connectivity index (χ2v) is 8.48. The predicted molar refractivity (Wildman–Crippen MR) is 128 cm³/mol. The van der Waals surface area contributed by atoms with E-state index in [-0.39, 0.29) is 0 Å². The Hall–Kier alpha value is -3.18. The lowest BCUT2D eigenvalue weighted by Crippen LogP contribution is -2.44. The topological polar surface area (TPSA) is 48.1 Å². The maximum atomic E-state index is 4.64. The van der Waals surface area contributed by atoms with Crippen LogP contribution in [0.1, 0.15) is 18.9 Å². The minimum atomic E-state index is 0.824. The third-order valence-corrected chi connectivity index (χ3v) is 6.25. The number of pyridine rings is 1. The number of hydrogen-bond donors (Lipinski definition) is 1. The second-order valence-electron chi connectivity index (χ2n) is 8.48. The zero-order valence-electron chi connectivity index (χ0n) is 18.3. The van der Waals surface area contributed by atoms with E-state index in [0.29, 0.717) is 0 Å². The molecule has 31 heavy (non-hydrogen) atoms. The quantitative estimate of drug-likeness (QED) is 0.502. The summed E-state index contributed by atoms with van der Waals surface area (Å²) in [5.41, 5.74) is 7.86. The molecule has 0 saturated carbocycles. The van der Waals surface area contributed by atoms with Crippen LogP contribution in [0.4, 0.5) is 5.69 Å². The molecule has 0 atom stereocenters. The maximum absolute atomic E-state index is 4.64. The van der Waals surface area contributed by atoms with Gasteiger partial charge in [-0.3, -0.25) is 5.10 Å². The molecule has 4 aromatic rings. The molecule has 0 aliphatic carbocycles. The number of hydrogen-bond acceptors (Lipinski definition) is 4. The zero-order chi connectivity index (χ0) is 21.2. The van der Waals surface area contributed by atoms with Crippen molar-refractivity contribution in [2.75, 3.05) is 38.1 Å². The van der Waals surface area contributed by atoms with Crippen LogP contribution in [-0.4, -0.2) is 53.3 Å². The summed E-state index contributed by atoms with van der Waals surface area (Å²) in [6, 6.07) is 19.8. The summed E-state index contributed by atoms with van der Waals surface area (Å²) in [6.07, 6.45) is 4.20. The summed E-state index contributed by atoms with van der Waals surface area (Å²) in [5.74, 6) is 0. The van der Waals surface area contributed by atoms with E-state index in [9.17, 15) is 0 Å². The number of aromatic amines is 1. The lowest BCUT2D eigenvalue weighted by molar-refractivity contribution is 0.313.